The van der Waals surface area contributed by atoms with Gasteiger partial charge in [-0.25, -0.2) is 9.97 Å². The first kappa shape index (κ1) is 12.6. The van der Waals surface area contributed by atoms with Crippen molar-refractivity contribution in [1.29, 1.82) is 0 Å². The monoisotopic (exact) mass is 263 g/mol. The van der Waals surface area contributed by atoms with Gasteiger partial charge in [-0.3, -0.25) is 0 Å². The maximum absolute atomic E-state index is 5.58. The van der Waals surface area contributed by atoms with Crippen LogP contribution in [-0.2, 0) is 4.74 Å². The molecule has 0 aliphatic carbocycles. The Balaban J connectivity index is 1.52. The molecule has 6 heteroatoms. The summed E-state index contributed by atoms with van der Waals surface area (Å²) in [5.74, 6) is 1.75. The molecule has 2 atom stereocenters. The summed E-state index contributed by atoms with van der Waals surface area (Å²) in [6, 6.07) is 2.44. The largest absolute Gasteiger partial charge is 0.376 e. The third-order valence-electron chi connectivity index (χ3n) is 3.61. The van der Waals surface area contributed by atoms with Gasteiger partial charge in [0, 0.05) is 31.8 Å². The van der Waals surface area contributed by atoms with Crippen molar-refractivity contribution >= 4 is 11.6 Å². The van der Waals surface area contributed by atoms with E-state index in [9.17, 15) is 0 Å². The zero-order valence-corrected chi connectivity index (χ0v) is 11.1. The van der Waals surface area contributed by atoms with E-state index in [1.807, 2.05) is 6.07 Å². The van der Waals surface area contributed by atoms with E-state index in [1.165, 1.54) is 0 Å². The van der Waals surface area contributed by atoms with Gasteiger partial charge in [-0.2, -0.15) is 0 Å². The first-order chi connectivity index (χ1) is 9.40. The molecule has 3 rings (SSSR count). The number of hydrogen-bond donors (Lipinski definition) is 3. The SMILES string of the molecule is c1nc(NC[C@H]2CCCO2)cc(N[C@H]2CCNC2)n1. The molecule has 2 fully saturated rings. The molecule has 0 unspecified atom stereocenters. The van der Waals surface area contributed by atoms with Gasteiger partial charge in [0.25, 0.3) is 0 Å². The smallest absolute Gasteiger partial charge is 0.131 e. The fourth-order valence-electron chi connectivity index (χ4n) is 2.54. The summed E-state index contributed by atoms with van der Waals surface area (Å²) in [7, 11) is 0. The van der Waals surface area contributed by atoms with Crippen LogP contribution in [0.1, 0.15) is 19.3 Å². The molecule has 2 saturated heterocycles. The average molecular weight is 263 g/mol. The number of aromatic nitrogens is 2. The third kappa shape index (κ3) is 3.54. The second-order valence-corrected chi connectivity index (χ2v) is 5.14. The Labute approximate surface area is 113 Å². The van der Waals surface area contributed by atoms with Crippen molar-refractivity contribution in [3.8, 4) is 0 Å². The van der Waals surface area contributed by atoms with Gasteiger partial charge < -0.3 is 20.7 Å². The van der Waals surface area contributed by atoms with Crippen LogP contribution in [0.5, 0.6) is 0 Å². The van der Waals surface area contributed by atoms with Crippen molar-refractivity contribution in [2.24, 2.45) is 0 Å². The second-order valence-electron chi connectivity index (χ2n) is 5.14. The van der Waals surface area contributed by atoms with Crippen molar-refractivity contribution < 1.29 is 4.74 Å². The molecular weight excluding hydrogens is 242 g/mol. The molecule has 0 spiro atoms. The van der Waals surface area contributed by atoms with Crippen LogP contribution in [0, 0.1) is 0 Å². The first-order valence-corrected chi connectivity index (χ1v) is 7.05. The van der Waals surface area contributed by atoms with Crippen LogP contribution in [0.25, 0.3) is 0 Å². The summed E-state index contributed by atoms with van der Waals surface area (Å²) >= 11 is 0. The quantitative estimate of drug-likeness (QED) is 0.731. The zero-order valence-electron chi connectivity index (χ0n) is 11.1. The molecule has 0 aromatic carbocycles. The van der Waals surface area contributed by atoms with E-state index < -0.39 is 0 Å². The van der Waals surface area contributed by atoms with Crippen LogP contribution in [-0.4, -0.2) is 48.4 Å². The van der Waals surface area contributed by atoms with Crippen molar-refractivity contribution in [2.75, 3.05) is 36.9 Å². The Bertz CT molecular complexity index is 402. The van der Waals surface area contributed by atoms with E-state index in [4.69, 9.17) is 4.74 Å². The maximum Gasteiger partial charge on any atom is 0.131 e. The molecule has 0 amide bonds. The lowest BCUT2D eigenvalue weighted by atomic mass is 10.2. The molecule has 3 heterocycles. The lowest BCUT2D eigenvalue weighted by Gasteiger charge is -2.14. The number of nitrogens with one attached hydrogen (secondary N) is 3. The predicted molar refractivity (Wildman–Crippen MR) is 74.4 cm³/mol. The molecule has 2 aliphatic heterocycles. The van der Waals surface area contributed by atoms with Crippen LogP contribution < -0.4 is 16.0 Å². The van der Waals surface area contributed by atoms with Gasteiger partial charge in [0.1, 0.15) is 18.0 Å². The average Bonchev–Trinajstić information content (AvgIpc) is 3.10. The number of nitrogens with zero attached hydrogens (tertiary/aromatic N) is 2. The van der Waals surface area contributed by atoms with E-state index in [0.717, 1.165) is 57.1 Å². The van der Waals surface area contributed by atoms with Gasteiger partial charge in [-0.05, 0) is 25.8 Å². The van der Waals surface area contributed by atoms with E-state index in [-0.39, 0.29) is 0 Å². The van der Waals surface area contributed by atoms with Gasteiger partial charge in [-0.1, -0.05) is 0 Å². The Morgan fingerprint density at radius 2 is 2.26 bits per heavy atom. The van der Waals surface area contributed by atoms with Gasteiger partial charge >= 0.3 is 0 Å². The summed E-state index contributed by atoms with van der Waals surface area (Å²) in [6.45, 7) is 3.79. The zero-order chi connectivity index (χ0) is 12.9. The van der Waals surface area contributed by atoms with Crippen molar-refractivity contribution in [3.63, 3.8) is 0 Å². The molecule has 2 aliphatic rings. The third-order valence-corrected chi connectivity index (χ3v) is 3.61. The van der Waals surface area contributed by atoms with Gasteiger partial charge in [0.15, 0.2) is 0 Å². The molecule has 1 aromatic heterocycles. The number of ether oxygens (including phenoxy) is 1. The van der Waals surface area contributed by atoms with E-state index in [0.29, 0.717) is 12.1 Å². The molecular formula is C13H21N5O. The molecule has 104 valence electrons. The van der Waals surface area contributed by atoms with E-state index >= 15 is 0 Å². The van der Waals surface area contributed by atoms with Crippen LogP contribution >= 0.6 is 0 Å². The van der Waals surface area contributed by atoms with E-state index in [2.05, 4.69) is 25.9 Å². The van der Waals surface area contributed by atoms with Gasteiger partial charge in [0.2, 0.25) is 0 Å². The number of hydrogen-bond acceptors (Lipinski definition) is 6. The van der Waals surface area contributed by atoms with Crippen molar-refractivity contribution in [1.82, 2.24) is 15.3 Å². The molecule has 1 aromatic rings. The Morgan fingerprint density at radius 1 is 1.32 bits per heavy atom. The summed E-state index contributed by atoms with van der Waals surface area (Å²) in [5, 5.41) is 10.1. The van der Waals surface area contributed by atoms with Crippen molar-refractivity contribution in [2.45, 2.75) is 31.4 Å². The Hall–Kier alpha value is -1.40. The molecule has 19 heavy (non-hydrogen) atoms. The first-order valence-electron chi connectivity index (χ1n) is 7.05. The molecule has 0 radical (unpaired) electrons. The summed E-state index contributed by atoms with van der Waals surface area (Å²) < 4.78 is 5.58. The highest BCUT2D eigenvalue weighted by molar-refractivity contribution is 5.47. The van der Waals surface area contributed by atoms with Gasteiger partial charge in [-0.15, -0.1) is 0 Å². The highest BCUT2D eigenvalue weighted by atomic mass is 16.5. The predicted octanol–water partition coefficient (Wildman–Crippen LogP) is 0.841. The number of rotatable bonds is 5. The van der Waals surface area contributed by atoms with Crippen molar-refractivity contribution in [3.05, 3.63) is 12.4 Å². The standard InChI is InChI=1S/C13H21N5O/c1-2-11(19-5-1)8-15-12-6-13(17-9-16-12)18-10-3-4-14-7-10/h6,9-11,14H,1-5,7-8H2,(H2,15,16,17,18)/t10-,11+/m0/s1. The summed E-state index contributed by atoms with van der Waals surface area (Å²) in [5.41, 5.74) is 0. The van der Waals surface area contributed by atoms with E-state index in [1.54, 1.807) is 6.33 Å². The highest BCUT2D eigenvalue weighted by Gasteiger charge is 2.16. The summed E-state index contributed by atoms with van der Waals surface area (Å²) in [6.07, 6.45) is 5.37. The normalized spacial score (nSPS) is 26.5. The molecule has 0 bridgehead atoms. The van der Waals surface area contributed by atoms with Crippen LogP contribution in [0.15, 0.2) is 12.4 Å². The minimum atomic E-state index is 0.324. The summed E-state index contributed by atoms with van der Waals surface area (Å²) in [4.78, 5) is 8.50. The van der Waals surface area contributed by atoms with Gasteiger partial charge in [0.05, 0.1) is 6.10 Å². The lowest BCUT2D eigenvalue weighted by molar-refractivity contribution is 0.120. The minimum Gasteiger partial charge on any atom is -0.376 e. The number of anilines is 2. The molecule has 0 saturated carbocycles. The topological polar surface area (TPSA) is 71.1 Å². The highest BCUT2D eigenvalue weighted by Crippen LogP contribution is 2.15. The van der Waals surface area contributed by atoms with Crippen LogP contribution in [0.4, 0.5) is 11.6 Å². The molecule has 6 nitrogen and oxygen atoms in total. The van der Waals surface area contributed by atoms with Crippen LogP contribution in [0.2, 0.25) is 0 Å². The fourth-order valence-corrected chi connectivity index (χ4v) is 2.54. The molecule has 3 N–H and O–H groups in total. The minimum absolute atomic E-state index is 0.324. The maximum atomic E-state index is 5.58. The lowest BCUT2D eigenvalue weighted by Crippen LogP contribution is -2.23. The Kier molecular flexibility index (Phi) is 4.10. The Morgan fingerprint density at radius 3 is 3.05 bits per heavy atom. The fraction of sp³-hybridized carbons (Fsp3) is 0.692. The van der Waals surface area contributed by atoms with Crippen LogP contribution in [0.3, 0.4) is 0 Å². The second kappa shape index (κ2) is 6.16.